The summed E-state index contributed by atoms with van der Waals surface area (Å²) in [5.41, 5.74) is 4.10. The van der Waals surface area contributed by atoms with Crippen molar-refractivity contribution in [2.24, 2.45) is 5.10 Å². The lowest BCUT2D eigenvalue weighted by Gasteiger charge is -2.03. The van der Waals surface area contributed by atoms with Gasteiger partial charge in [0.15, 0.2) is 0 Å². The first-order valence-corrected chi connectivity index (χ1v) is 6.03. The Bertz CT molecular complexity index is 602. The molecule has 0 aliphatic heterocycles. The number of carbonyl (C=O) groups is 1. The van der Waals surface area contributed by atoms with E-state index in [-0.39, 0.29) is 5.91 Å². The van der Waals surface area contributed by atoms with Gasteiger partial charge in [0.25, 0.3) is 5.91 Å². The third kappa shape index (κ3) is 2.74. The minimum Gasteiger partial charge on any atom is -0.267 e. The standard InChI is InChI=1S/C15H16N2O/c1-3-11(2)16-17-15(18)14-9-8-12-6-4-5-7-13(12)10-14/h4-10H,3H2,1-2H3,(H,17,18). The summed E-state index contributed by atoms with van der Waals surface area (Å²) in [5.74, 6) is -0.173. The second-order valence-corrected chi connectivity index (χ2v) is 4.20. The van der Waals surface area contributed by atoms with Gasteiger partial charge < -0.3 is 0 Å². The van der Waals surface area contributed by atoms with E-state index in [0.717, 1.165) is 22.9 Å². The van der Waals surface area contributed by atoms with E-state index in [1.807, 2.05) is 56.3 Å². The molecule has 0 unspecified atom stereocenters. The topological polar surface area (TPSA) is 41.5 Å². The molecule has 0 heterocycles. The Labute approximate surface area is 107 Å². The molecule has 1 N–H and O–H groups in total. The highest BCUT2D eigenvalue weighted by Crippen LogP contribution is 2.15. The first-order valence-electron chi connectivity index (χ1n) is 6.03. The molecule has 3 heteroatoms. The van der Waals surface area contributed by atoms with E-state index < -0.39 is 0 Å². The molecule has 2 rings (SSSR count). The molecule has 2 aromatic carbocycles. The van der Waals surface area contributed by atoms with Gasteiger partial charge >= 0.3 is 0 Å². The number of nitrogens with one attached hydrogen (secondary N) is 1. The number of fused-ring (bicyclic) bond motifs is 1. The second-order valence-electron chi connectivity index (χ2n) is 4.20. The van der Waals surface area contributed by atoms with Crippen molar-refractivity contribution in [2.45, 2.75) is 20.3 Å². The molecular weight excluding hydrogens is 224 g/mol. The number of hydrazone groups is 1. The summed E-state index contributed by atoms with van der Waals surface area (Å²) in [4.78, 5) is 11.9. The van der Waals surface area contributed by atoms with E-state index in [2.05, 4.69) is 10.5 Å². The molecule has 0 aliphatic carbocycles. The number of nitrogens with zero attached hydrogens (tertiary/aromatic N) is 1. The minimum atomic E-state index is -0.173. The zero-order valence-electron chi connectivity index (χ0n) is 10.6. The van der Waals surface area contributed by atoms with Crippen LogP contribution in [0, 0.1) is 0 Å². The molecule has 1 amide bonds. The van der Waals surface area contributed by atoms with Gasteiger partial charge in [-0.25, -0.2) is 5.43 Å². The molecule has 0 saturated carbocycles. The van der Waals surface area contributed by atoms with Crippen LogP contribution in [0.15, 0.2) is 47.6 Å². The molecule has 18 heavy (non-hydrogen) atoms. The van der Waals surface area contributed by atoms with E-state index in [1.165, 1.54) is 0 Å². The van der Waals surface area contributed by atoms with Crippen LogP contribution in [0.3, 0.4) is 0 Å². The van der Waals surface area contributed by atoms with Crippen LogP contribution >= 0.6 is 0 Å². The first kappa shape index (κ1) is 12.3. The molecule has 2 aromatic rings. The van der Waals surface area contributed by atoms with E-state index >= 15 is 0 Å². The van der Waals surface area contributed by atoms with Crippen LogP contribution in [0.2, 0.25) is 0 Å². The van der Waals surface area contributed by atoms with Crippen LogP contribution in [0.1, 0.15) is 30.6 Å². The summed E-state index contributed by atoms with van der Waals surface area (Å²) in [6.07, 6.45) is 0.831. The zero-order chi connectivity index (χ0) is 13.0. The van der Waals surface area contributed by atoms with Crippen molar-refractivity contribution < 1.29 is 4.79 Å². The maximum absolute atomic E-state index is 11.9. The highest BCUT2D eigenvalue weighted by atomic mass is 16.2. The van der Waals surface area contributed by atoms with Crippen molar-refractivity contribution in [1.82, 2.24) is 5.43 Å². The molecule has 0 bridgehead atoms. The summed E-state index contributed by atoms with van der Waals surface area (Å²) in [6.45, 7) is 3.89. The van der Waals surface area contributed by atoms with E-state index in [0.29, 0.717) is 5.56 Å². The third-order valence-electron chi connectivity index (χ3n) is 2.87. The van der Waals surface area contributed by atoms with Crippen LogP contribution in [0.25, 0.3) is 10.8 Å². The number of rotatable bonds is 3. The maximum atomic E-state index is 11.9. The molecule has 0 radical (unpaired) electrons. The average Bonchev–Trinajstić information content (AvgIpc) is 2.43. The minimum absolute atomic E-state index is 0.173. The van der Waals surface area contributed by atoms with Gasteiger partial charge in [-0.15, -0.1) is 0 Å². The van der Waals surface area contributed by atoms with Crippen LogP contribution in [0.5, 0.6) is 0 Å². The van der Waals surface area contributed by atoms with Crippen LogP contribution in [-0.2, 0) is 0 Å². The average molecular weight is 240 g/mol. The van der Waals surface area contributed by atoms with Crippen molar-refractivity contribution in [3.63, 3.8) is 0 Å². The normalized spacial score (nSPS) is 11.6. The zero-order valence-corrected chi connectivity index (χ0v) is 10.6. The highest BCUT2D eigenvalue weighted by molar-refractivity contribution is 5.99. The summed E-state index contributed by atoms with van der Waals surface area (Å²) >= 11 is 0. The Kier molecular flexibility index (Phi) is 3.72. The quantitative estimate of drug-likeness (QED) is 0.648. The monoisotopic (exact) mass is 240 g/mol. The number of carbonyl (C=O) groups excluding carboxylic acids is 1. The molecule has 0 fully saturated rings. The third-order valence-corrected chi connectivity index (χ3v) is 2.87. The Balaban J connectivity index is 2.23. The Morgan fingerprint density at radius 3 is 2.61 bits per heavy atom. The fourth-order valence-electron chi connectivity index (χ4n) is 1.62. The van der Waals surface area contributed by atoms with E-state index in [1.54, 1.807) is 0 Å². The van der Waals surface area contributed by atoms with Gasteiger partial charge in [0, 0.05) is 11.3 Å². The van der Waals surface area contributed by atoms with Crippen LogP contribution < -0.4 is 5.43 Å². The Morgan fingerprint density at radius 2 is 1.89 bits per heavy atom. The lowest BCUT2D eigenvalue weighted by Crippen LogP contribution is -2.18. The van der Waals surface area contributed by atoms with Crippen molar-refractivity contribution in [1.29, 1.82) is 0 Å². The van der Waals surface area contributed by atoms with Crippen LogP contribution in [-0.4, -0.2) is 11.6 Å². The van der Waals surface area contributed by atoms with E-state index in [9.17, 15) is 4.79 Å². The summed E-state index contributed by atoms with van der Waals surface area (Å²) in [7, 11) is 0. The number of benzene rings is 2. The molecule has 0 aromatic heterocycles. The highest BCUT2D eigenvalue weighted by Gasteiger charge is 2.05. The smallest absolute Gasteiger partial charge is 0.267 e. The fourth-order valence-corrected chi connectivity index (χ4v) is 1.62. The summed E-state index contributed by atoms with van der Waals surface area (Å²) in [5, 5.41) is 6.20. The molecule has 0 atom stereocenters. The predicted octanol–water partition coefficient (Wildman–Crippen LogP) is 3.36. The van der Waals surface area contributed by atoms with Crippen molar-refractivity contribution in [2.75, 3.05) is 0 Å². The van der Waals surface area contributed by atoms with Gasteiger partial charge in [0.05, 0.1) is 0 Å². The number of hydrogen-bond donors (Lipinski definition) is 1. The first-order chi connectivity index (χ1) is 8.70. The van der Waals surface area contributed by atoms with Gasteiger partial charge in [-0.1, -0.05) is 37.3 Å². The van der Waals surface area contributed by atoms with Gasteiger partial charge in [-0.3, -0.25) is 4.79 Å². The summed E-state index contributed by atoms with van der Waals surface area (Å²) in [6, 6.07) is 13.6. The fraction of sp³-hybridized carbons (Fsp3) is 0.200. The predicted molar refractivity (Wildman–Crippen MR) is 74.8 cm³/mol. The molecular formula is C15H16N2O. The van der Waals surface area contributed by atoms with E-state index in [4.69, 9.17) is 0 Å². The largest absolute Gasteiger partial charge is 0.271 e. The van der Waals surface area contributed by atoms with Crippen molar-refractivity contribution in [3.8, 4) is 0 Å². The van der Waals surface area contributed by atoms with Gasteiger partial charge in [0.2, 0.25) is 0 Å². The Morgan fingerprint density at radius 1 is 1.17 bits per heavy atom. The molecule has 3 nitrogen and oxygen atoms in total. The Hall–Kier alpha value is -2.16. The maximum Gasteiger partial charge on any atom is 0.271 e. The lowest BCUT2D eigenvalue weighted by molar-refractivity contribution is 0.0955. The molecule has 92 valence electrons. The van der Waals surface area contributed by atoms with Gasteiger partial charge in [-0.05, 0) is 36.2 Å². The lowest BCUT2D eigenvalue weighted by atomic mass is 10.1. The van der Waals surface area contributed by atoms with Crippen molar-refractivity contribution in [3.05, 3.63) is 48.0 Å². The number of amides is 1. The van der Waals surface area contributed by atoms with Crippen molar-refractivity contribution >= 4 is 22.4 Å². The molecule has 0 saturated heterocycles. The molecule has 0 spiro atoms. The molecule has 0 aliphatic rings. The van der Waals surface area contributed by atoms with Gasteiger partial charge in [-0.2, -0.15) is 5.10 Å². The SMILES string of the molecule is CCC(C)=NNC(=O)c1ccc2ccccc2c1. The van der Waals surface area contributed by atoms with Gasteiger partial charge in [0.1, 0.15) is 0 Å². The summed E-state index contributed by atoms with van der Waals surface area (Å²) < 4.78 is 0. The number of hydrogen-bond acceptors (Lipinski definition) is 2. The second kappa shape index (κ2) is 5.45. The van der Waals surface area contributed by atoms with Crippen LogP contribution in [0.4, 0.5) is 0 Å².